The van der Waals surface area contributed by atoms with Gasteiger partial charge in [-0.25, -0.2) is 0 Å². The zero-order valence-electron chi connectivity index (χ0n) is 16.3. The number of rotatable bonds is 5. The molecule has 0 amide bonds. The standard InChI is InChI=1S/C20H24BNO4S/c1-13(24)27-12-16(21-25-19(2,3)20(4,5)26-21)8-14-6-7-17-15(11-23)10-22-18(17)9-14/h6-11,22H,12H2,1-5H3. The van der Waals surface area contributed by atoms with Gasteiger partial charge in [0.1, 0.15) is 0 Å². The Bertz CT molecular complexity index is 900. The molecule has 142 valence electrons. The number of nitrogens with one attached hydrogen (secondary N) is 1. The Labute approximate surface area is 164 Å². The quantitative estimate of drug-likeness (QED) is 0.615. The number of carbonyl (C=O) groups is 2. The van der Waals surface area contributed by atoms with E-state index in [0.29, 0.717) is 11.3 Å². The smallest absolute Gasteiger partial charge is 0.400 e. The minimum absolute atomic E-state index is 0.0489. The summed E-state index contributed by atoms with van der Waals surface area (Å²) in [5, 5.41) is 0.935. The summed E-state index contributed by atoms with van der Waals surface area (Å²) in [6.07, 6.45) is 4.54. The summed E-state index contributed by atoms with van der Waals surface area (Å²) in [4.78, 5) is 25.7. The number of hydrogen-bond donors (Lipinski definition) is 1. The number of aldehydes is 1. The first-order chi connectivity index (χ1) is 12.6. The molecule has 1 aromatic heterocycles. The molecule has 1 aromatic carbocycles. The SMILES string of the molecule is CC(=O)SCC(=Cc1ccc2c(C=O)c[nH]c2c1)B1OC(C)(C)C(C)(C)O1. The van der Waals surface area contributed by atoms with Gasteiger partial charge in [-0.3, -0.25) is 9.59 Å². The molecule has 1 saturated heterocycles. The van der Waals surface area contributed by atoms with Crippen molar-refractivity contribution in [3.63, 3.8) is 0 Å². The Morgan fingerprint density at radius 2 is 1.89 bits per heavy atom. The van der Waals surface area contributed by atoms with Crippen molar-refractivity contribution < 1.29 is 18.9 Å². The molecule has 7 heteroatoms. The molecule has 1 aliphatic heterocycles. The predicted octanol–water partition coefficient (Wildman–Crippen LogP) is 4.27. The van der Waals surface area contributed by atoms with Crippen LogP contribution in [0.1, 0.15) is 50.5 Å². The van der Waals surface area contributed by atoms with E-state index in [1.807, 2.05) is 52.0 Å². The second-order valence-electron chi connectivity index (χ2n) is 7.75. The fraction of sp³-hybridized carbons (Fsp3) is 0.400. The maximum absolute atomic E-state index is 11.5. The number of thioether (sulfide) groups is 1. The van der Waals surface area contributed by atoms with Crippen molar-refractivity contribution in [3.8, 4) is 0 Å². The zero-order chi connectivity index (χ0) is 19.8. The van der Waals surface area contributed by atoms with Crippen LogP contribution in [-0.2, 0) is 14.1 Å². The van der Waals surface area contributed by atoms with Gasteiger partial charge in [0, 0.05) is 35.3 Å². The molecule has 27 heavy (non-hydrogen) atoms. The van der Waals surface area contributed by atoms with Gasteiger partial charge in [-0.05, 0) is 44.8 Å². The predicted molar refractivity (Wildman–Crippen MR) is 111 cm³/mol. The topological polar surface area (TPSA) is 68.4 Å². The van der Waals surface area contributed by atoms with Crippen molar-refractivity contribution in [2.45, 2.75) is 45.8 Å². The van der Waals surface area contributed by atoms with E-state index in [4.69, 9.17) is 9.31 Å². The van der Waals surface area contributed by atoms with Gasteiger partial charge in [0.25, 0.3) is 0 Å². The van der Waals surface area contributed by atoms with Crippen LogP contribution >= 0.6 is 11.8 Å². The highest BCUT2D eigenvalue weighted by Gasteiger charge is 2.52. The summed E-state index contributed by atoms with van der Waals surface area (Å²) >= 11 is 1.24. The Balaban J connectivity index is 1.95. The van der Waals surface area contributed by atoms with Gasteiger partial charge in [-0.2, -0.15) is 0 Å². The van der Waals surface area contributed by atoms with Gasteiger partial charge in [0.2, 0.25) is 0 Å². The lowest BCUT2D eigenvalue weighted by Gasteiger charge is -2.32. The van der Waals surface area contributed by atoms with Gasteiger partial charge in [-0.15, -0.1) is 0 Å². The summed E-state index contributed by atoms with van der Waals surface area (Å²) in [7, 11) is -0.508. The molecule has 0 spiro atoms. The van der Waals surface area contributed by atoms with Gasteiger partial charge >= 0.3 is 7.12 Å². The number of H-pyrrole nitrogens is 1. The average Bonchev–Trinajstić information content (AvgIpc) is 3.08. The van der Waals surface area contributed by atoms with Gasteiger partial charge in [0.15, 0.2) is 11.4 Å². The number of hydrogen-bond acceptors (Lipinski definition) is 5. The van der Waals surface area contributed by atoms with Crippen molar-refractivity contribution in [2.24, 2.45) is 0 Å². The van der Waals surface area contributed by atoms with Crippen LogP contribution < -0.4 is 0 Å². The molecule has 1 fully saturated rings. The van der Waals surface area contributed by atoms with Crippen molar-refractivity contribution >= 4 is 47.3 Å². The second kappa shape index (κ2) is 7.30. The lowest BCUT2D eigenvalue weighted by molar-refractivity contribution is -0.109. The molecule has 1 aliphatic rings. The normalized spacial score (nSPS) is 18.9. The monoisotopic (exact) mass is 385 g/mol. The first-order valence-corrected chi connectivity index (χ1v) is 9.87. The van der Waals surface area contributed by atoms with Crippen LogP contribution in [0.5, 0.6) is 0 Å². The first kappa shape index (κ1) is 19.9. The van der Waals surface area contributed by atoms with E-state index in [1.54, 1.807) is 13.1 Å². The number of aromatic nitrogens is 1. The molecule has 0 saturated carbocycles. The van der Waals surface area contributed by atoms with E-state index in [0.717, 1.165) is 28.2 Å². The molecule has 2 aromatic rings. The van der Waals surface area contributed by atoms with E-state index < -0.39 is 18.3 Å². The Morgan fingerprint density at radius 3 is 2.48 bits per heavy atom. The van der Waals surface area contributed by atoms with Gasteiger partial charge in [-0.1, -0.05) is 30.0 Å². The van der Waals surface area contributed by atoms with Crippen LogP contribution in [0.3, 0.4) is 0 Å². The summed E-state index contributed by atoms with van der Waals surface area (Å²) in [5.41, 5.74) is 2.49. The molecule has 3 rings (SSSR count). The lowest BCUT2D eigenvalue weighted by Crippen LogP contribution is -2.41. The van der Waals surface area contributed by atoms with E-state index in [-0.39, 0.29) is 5.12 Å². The van der Waals surface area contributed by atoms with Gasteiger partial charge < -0.3 is 14.3 Å². The molecular weight excluding hydrogens is 361 g/mol. The number of carbonyl (C=O) groups excluding carboxylic acids is 2. The van der Waals surface area contributed by atoms with Crippen LogP contribution in [0.2, 0.25) is 0 Å². The highest BCUT2D eigenvalue weighted by Crippen LogP contribution is 2.39. The van der Waals surface area contributed by atoms with Crippen LogP contribution in [0.15, 0.2) is 29.9 Å². The van der Waals surface area contributed by atoms with Crippen LogP contribution in [0.4, 0.5) is 0 Å². The van der Waals surface area contributed by atoms with Crippen molar-refractivity contribution in [1.29, 1.82) is 0 Å². The fourth-order valence-electron chi connectivity index (χ4n) is 2.92. The molecule has 0 unspecified atom stereocenters. The summed E-state index contributed by atoms with van der Waals surface area (Å²) in [5.74, 6) is 0.495. The summed E-state index contributed by atoms with van der Waals surface area (Å²) < 4.78 is 12.3. The molecule has 0 aliphatic carbocycles. The molecular formula is C20H24BNO4S. The molecule has 2 heterocycles. The van der Waals surface area contributed by atoms with Crippen molar-refractivity contribution in [3.05, 3.63) is 41.0 Å². The molecule has 1 N–H and O–H groups in total. The maximum atomic E-state index is 11.5. The third-order valence-corrected chi connectivity index (χ3v) is 6.10. The van der Waals surface area contributed by atoms with E-state index in [1.165, 1.54) is 11.8 Å². The second-order valence-corrected chi connectivity index (χ2v) is 8.91. The van der Waals surface area contributed by atoms with E-state index in [9.17, 15) is 9.59 Å². The van der Waals surface area contributed by atoms with Crippen molar-refractivity contribution in [2.75, 3.05) is 5.75 Å². The number of aromatic amines is 1. The largest absolute Gasteiger partial charge is 0.491 e. The Hall–Kier alpha value is -1.83. The third-order valence-electron chi connectivity index (χ3n) is 5.21. The number of benzene rings is 1. The van der Waals surface area contributed by atoms with Crippen LogP contribution in [-0.4, -0.2) is 40.5 Å². The first-order valence-electron chi connectivity index (χ1n) is 8.89. The average molecular weight is 385 g/mol. The minimum Gasteiger partial charge on any atom is -0.400 e. The van der Waals surface area contributed by atoms with E-state index in [2.05, 4.69) is 4.98 Å². The third kappa shape index (κ3) is 4.05. The van der Waals surface area contributed by atoms with Crippen LogP contribution in [0, 0.1) is 0 Å². The maximum Gasteiger partial charge on any atom is 0.491 e. The molecule has 0 bridgehead atoms. The van der Waals surface area contributed by atoms with Crippen molar-refractivity contribution in [1.82, 2.24) is 4.98 Å². The minimum atomic E-state index is -0.508. The Morgan fingerprint density at radius 1 is 1.22 bits per heavy atom. The van der Waals surface area contributed by atoms with Crippen LogP contribution in [0.25, 0.3) is 17.0 Å². The Kier molecular flexibility index (Phi) is 5.39. The lowest BCUT2D eigenvalue weighted by atomic mass is 9.78. The van der Waals surface area contributed by atoms with Gasteiger partial charge in [0.05, 0.1) is 11.2 Å². The highest BCUT2D eigenvalue weighted by atomic mass is 32.2. The molecule has 0 atom stereocenters. The fourth-order valence-corrected chi connectivity index (χ4v) is 3.51. The molecule has 5 nitrogen and oxygen atoms in total. The zero-order valence-corrected chi connectivity index (χ0v) is 17.1. The number of fused-ring (bicyclic) bond motifs is 1. The highest BCUT2D eigenvalue weighted by molar-refractivity contribution is 8.13. The summed E-state index contributed by atoms with van der Waals surface area (Å²) in [6.45, 7) is 9.59. The summed E-state index contributed by atoms with van der Waals surface area (Å²) in [6, 6.07) is 5.85. The van der Waals surface area contributed by atoms with E-state index >= 15 is 0 Å². The molecule has 0 radical (unpaired) electrons.